The summed E-state index contributed by atoms with van der Waals surface area (Å²) in [5, 5.41) is 0.860. The molecule has 0 aliphatic rings. The van der Waals surface area contributed by atoms with E-state index in [4.69, 9.17) is 5.73 Å². The lowest BCUT2D eigenvalue weighted by Crippen LogP contribution is -1.88. The van der Waals surface area contributed by atoms with E-state index in [1.54, 1.807) is 18.5 Å². The van der Waals surface area contributed by atoms with E-state index in [2.05, 4.69) is 9.97 Å². The summed E-state index contributed by atoms with van der Waals surface area (Å²) in [4.78, 5) is 7.92. The Kier molecular flexibility index (Phi) is 3.36. The van der Waals surface area contributed by atoms with Crippen molar-refractivity contribution in [2.75, 3.05) is 5.73 Å². The maximum Gasteiger partial charge on any atom is 0.141 e. The topological polar surface area (TPSA) is 51.8 Å². The molecular formula is C11H10FN3S. The first-order valence-electron chi connectivity index (χ1n) is 4.68. The van der Waals surface area contributed by atoms with Gasteiger partial charge in [0.05, 0.1) is 23.1 Å². The van der Waals surface area contributed by atoms with Gasteiger partial charge in [0.15, 0.2) is 0 Å². The highest BCUT2D eigenvalue weighted by molar-refractivity contribution is 7.98. The fourth-order valence-corrected chi connectivity index (χ4v) is 1.93. The number of anilines is 1. The maximum absolute atomic E-state index is 12.8. The molecule has 2 N–H and O–H groups in total. The highest BCUT2D eigenvalue weighted by atomic mass is 32.2. The Bertz CT molecular complexity index is 473. The van der Waals surface area contributed by atoms with Crippen LogP contribution in [0.25, 0.3) is 0 Å². The first kappa shape index (κ1) is 10.9. The van der Waals surface area contributed by atoms with Gasteiger partial charge in [-0.05, 0) is 23.8 Å². The summed E-state index contributed by atoms with van der Waals surface area (Å²) in [5.74, 6) is 0.324. The first-order valence-corrected chi connectivity index (χ1v) is 5.66. The fraction of sp³-hybridized carbons (Fsp3) is 0.0909. The van der Waals surface area contributed by atoms with Gasteiger partial charge in [-0.3, -0.25) is 4.98 Å². The second kappa shape index (κ2) is 4.94. The van der Waals surface area contributed by atoms with E-state index in [-0.39, 0.29) is 5.82 Å². The normalized spacial score (nSPS) is 10.3. The van der Waals surface area contributed by atoms with E-state index in [1.165, 1.54) is 24.0 Å². The van der Waals surface area contributed by atoms with Crippen LogP contribution in [0, 0.1) is 5.82 Å². The lowest BCUT2D eigenvalue weighted by atomic mass is 10.3. The first-order chi connectivity index (χ1) is 7.74. The third-order valence-electron chi connectivity index (χ3n) is 1.91. The zero-order valence-electron chi connectivity index (χ0n) is 8.43. The highest BCUT2D eigenvalue weighted by Gasteiger charge is 1.99. The summed E-state index contributed by atoms with van der Waals surface area (Å²) in [6.07, 6.45) is 4.44. The molecule has 5 heteroatoms. The maximum atomic E-state index is 12.8. The number of hydrogen-bond acceptors (Lipinski definition) is 4. The molecule has 0 unspecified atom stereocenters. The van der Waals surface area contributed by atoms with Crippen LogP contribution in [0.5, 0.6) is 0 Å². The molecule has 3 nitrogen and oxygen atoms in total. The summed E-state index contributed by atoms with van der Waals surface area (Å²) in [7, 11) is 0. The molecule has 0 spiro atoms. The number of hydrogen-bond donors (Lipinski definition) is 1. The summed E-state index contributed by atoms with van der Waals surface area (Å²) in [5.41, 5.74) is 7.00. The summed E-state index contributed by atoms with van der Waals surface area (Å²) >= 11 is 1.52. The number of nitrogen functional groups attached to an aromatic ring is 1. The van der Waals surface area contributed by atoms with Crippen molar-refractivity contribution in [2.45, 2.75) is 10.8 Å². The monoisotopic (exact) mass is 235 g/mol. The molecule has 0 aliphatic carbocycles. The van der Waals surface area contributed by atoms with Gasteiger partial charge in [0.25, 0.3) is 0 Å². The van der Waals surface area contributed by atoms with Crippen molar-refractivity contribution in [3.8, 4) is 0 Å². The molecule has 0 saturated carbocycles. The number of nitrogens with zero attached hydrogens (tertiary/aromatic N) is 2. The van der Waals surface area contributed by atoms with E-state index >= 15 is 0 Å². The van der Waals surface area contributed by atoms with Gasteiger partial charge >= 0.3 is 0 Å². The fourth-order valence-electron chi connectivity index (χ4n) is 1.17. The molecule has 0 bridgehead atoms. The molecule has 0 aliphatic heterocycles. The van der Waals surface area contributed by atoms with Crippen LogP contribution < -0.4 is 5.73 Å². The second-order valence-electron chi connectivity index (χ2n) is 3.23. The Balaban J connectivity index is 1.99. The van der Waals surface area contributed by atoms with Crippen LogP contribution >= 0.6 is 11.8 Å². The summed E-state index contributed by atoms with van der Waals surface area (Å²) < 4.78 is 12.8. The van der Waals surface area contributed by atoms with Gasteiger partial charge < -0.3 is 5.73 Å². The van der Waals surface area contributed by atoms with Crippen LogP contribution in [-0.2, 0) is 5.75 Å². The quantitative estimate of drug-likeness (QED) is 0.830. The summed E-state index contributed by atoms with van der Waals surface area (Å²) in [6, 6.07) is 5.10. The summed E-state index contributed by atoms with van der Waals surface area (Å²) in [6.45, 7) is 0. The standard InChI is InChI=1S/C11H10FN3S/c12-9-3-8(4-14-5-9)7-16-11-2-1-10(13)6-15-11/h1-6H,7,13H2. The van der Waals surface area contributed by atoms with Crippen molar-refractivity contribution in [3.05, 3.63) is 48.2 Å². The van der Waals surface area contributed by atoms with Crippen LogP contribution in [0.4, 0.5) is 10.1 Å². The van der Waals surface area contributed by atoms with Crippen LogP contribution in [0.15, 0.2) is 41.8 Å². The van der Waals surface area contributed by atoms with Crippen molar-refractivity contribution in [1.82, 2.24) is 9.97 Å². The van der Waals surface area contributed by atoms with Gasteiger partial charge in [-0.1, -0.05) is 0 Å². The number of pyridine rings is 2. The Hall–Kier alpha value is -1.62. The van der Waals surface area contributed by atoms with Crippen LogP contribution in [-0.4, -0.2) is 9.97 Å². The average molecular weight is 235 g/mol. The van der Waals surface area contributed by atoms with Crippen molar-refractivity contribution in [1.29, 1.82) is 0 Å². The van der Waals surface area contributed by atoms with Crippen molar-refractivity contribution in [2.24, 2.45) is 0 Å². The van der Waals surface area contributed by atoms with E-state index < -0.39 is 0 Å². The van der Waals surface area contributed by atoms with E-state index in [0.29, 0.717) is 11.4 Å². The minimum absolute atomic E-state index is 0.316. The average Bonchev–Trinajstić information content (AvgIpc) is 2.28. The number of aromatic nitrogens is 2. The molecule has 2 rings (SSSR count). The van der Waals surface area contributed by atoms with E-state index in [0.717, 1.165) is 10.6 Å². The van der Waals surface area contributed by atoms with Gasteiger partial charge in [0, 0.05) is 11.9 Å². The lowest BCUT2D eigenvalue weighted by Gasteiger charge is -2.01. The van der Waals surface area contributed by atoms with E-state index in [1.807, 2.05) is 6.07 Å². The number of thioether (sulfide) groups is 1. The molecule has 0 atom stereocenters. The zero-order valence-corrected chi connectivity index (χ0v) is 9.25. The Morgan fingerprint density at radius 2 is 2.12 bits per heavy atom. The van der Waals surface area contributed by atoms with Crippen LogP contribution in [0.3, 0.4) is 0 Å². The molecule has 2 aromatic rings. The molecule has 0 aromatic carbocycles. The Morgan fingerprint density at radius 3 is 2.81 bits per heavy atom. The number of halogens is 1. The predicted molar refractivity (Wildman–Crippen MR) is 62.4 cm³/mol. The highest BCUT2D eigenvalue weighted by Crippen LogP contribution is 2.20. The van der Waals surface area contributed by atoms with Crippen molar-refractivity contribution in [3.63, 3.8) is 0 Å². The second-order valence-corrected chi connectivity index (χ2v) is 4.23. The zero-order chi connectivity index (χ0) is 11.4. The Morgan fingerprint density at radius 1 is 1.25 bits per heavy atom. The lowest BCUT2D eigenvalue weighted by molar-refractivity contribution is 0.619. The molecular weight excluding hydrogens is 225 g/mol. The smallest absolute Gasteiger partial charge is 0.141 e. The molecule has 82 valence electrons. The van der Waals surface area contributed by atoms with Gasteiger partial charge in [-0.25, -0.2) is 9.37 Å². The molecule has 0 amide bonds. The van der Waals surface area contributed by atoms with Gasteiger partial charge in [0.1, 0.15) is 5.82 Å². The Labute approximate surface area is 96.9 Å². The molecule has 2 heterocycles. The van der Waals surface area contributed by atoms with Crippen LogP contribution in [0.1, 0.15) is 5.56 Å². The number of nitrogens with two attached hydrogens (primary N) is 1. The van der Waals surface area contributed by atoms with Crippen LogP contribution in [0.2, 0.25) is 0 Å². The third kappa shape index (κ3) is 2.93. The predicted octanol–water partition coefficient (Wildman–Crippen LogP) is 2.49. The molecule has 0 saturated heterocycles. The minimum atomic E-state index is -0.316. The molecule has 0 radical (unpaired) electrons. The van der Waals surface area contributed by atoms with Gasteiger partial charge in [-0.2, -0.15) is 0 Å². The largest absolute Gasteiger partial charge is 0.397 e. The van der Waals surface area contributed by atoms with Crippen molar-refractivity contribution >= 4 is 17.4 Å². The van der Waals surface area contributed by atoms with Gasteiger partial charge in [-0.15, -0.1) is 11.8 Å². The third-order valence-corrected chi connectivity index (χ3v) is 2.92. The van der Waals surface area contributed by atoms with Gasteiger partial charge in [0.2, 0.25) is 0 Å². The minimum Gasteiger partial charge on any atom is -0.397 e. The number of rotatable bonds is 3. The molecule has 16 heavy (non-hydrogen) atoms. The SMILES string of the molecule is Nc1ccc(SCc2cncc(F)c2)nc1. The molecule has 2 aromatic heterocycles. The van der Waals surface area contributed by atoms with E-state index in [9.17, 15) is 4.39 Å². The molecule has 0 fully saturated rings. The van der Waals surface area contributed by atoms with Crippen molar-refractivity contribution < 1.29 is 4.39 Å².